The first-order chi connectivity index (χ1) is 11.6. The maximum Gasteiger partial charge on any atom is 0.216 e. The number of ether oxygens (including phenoxy) is 1. The van der Waals surface area contributed by atoms with Crippen LogP contribution in [0.2, 0.25) is 0 Å². The molecule has 0 amide bonds. The molecule has 1 N–H and O–H groups in total. The number of methoxy groups -OCH3 is 1. The van der Waals surface area contributed by atoms with Gasteiger partial charge < -0.3 is 4.74 Å². The Morgan fingerprint density at radius 1 is 1.33 bits per heavy atom. The second-order valence-electron chi connectivity index (χ2n) is 4.77. The van der Waals surface area contributed by atoms with Crippen molar-refractivity contribution >= 4 is 34.4 Å². The van der Waals surface area contributed by atoms with E-state index in [9.17, 15) is 4.39 Å². The highest BCUT2D eigenvalue weighted by Gasteiger charge is 2.12. The first-order valence-corrected chi connectivity index (χ1v) is 8.10. The molecule has 3 rings (SSSR count). The Kier molecular flexibility index (Phi) is 4.86. The zero-order valence-corrected chi connectivity index (χ0v) is 14.9. The van der Waals surface area contributed by atoms with E-state index >= 15 is 0 Å². The quantitative estimate of drug-likeness (QED) is 0.515. The van der Waals surface area contributed by atoms with E-state index in [4.69, 9.17) is 17.0 Å². The molecular formula is C16H12BrFN4OS. The molecule has 2 aromatic carbocycles. The van der Waals surface area contributed by atoms with Crippen molar-refractivity contribution in [2.24, 2.45) is 5.10 Å². The largest absolute Gasteiger partial charge is 0.496 e. The molecule has 0 bridgehead atoms. The lowest BCUT2D eigenvalue weighted by atomic mass is 10.2. The zero-order chi connectivity index (χ0) is 17.1. The van der Waals surface area contributed by atoms with Gasteiger partial charge in [0.15, 0.2) is 5.82 Å². The van der Waals surface area contributed by atoms with Crippen LogP contribution in [-0.4, -0.2) is 28.2 Å². The standard InChI is InChI=1S/C16H12BrFN4OS/c1-23-14-7-6-11(17)8-10(14)9-19-22-15(20-21-16(22)24)12-4-2-3-5-13(12)18/h2-9H,1H3,(H,21,24)/b19-9-. The highest BCUT2D eigenvalue weighted by molar-refractivity contribution is 9.10. The summed E-state index contributed by atoms with van der Waals surface area (Å²) in [7, 11) is 1.58. The summed E-state index contributed by atoms with van der Waals surface area (Å²) in [6.07, 6.45) is 1.58. The lowest BCUT2D eigenvalue weighted by Crippen LogP contribution is -1.98. The number of aromatic nitrogens is 3. The monoisotopic (exact) mass is 406 g/mol. The Bertz CT molecular complexity index is 967. The van der Waals surface area contributed by atoms with Crippen molar-refractivity contribution < 1.29 is 9.13 Å². The third kappa shape index (κ3) is 3.29. The van der Waals surface area contributed by atoms with Gasteiger partial charge in [0.25, 0.3) is 0 Å². The number of aromatic amines is 1. The fourth-order valence-electron chi connectivity index (χ4n) is 2.14. The van der Waals surface area contributed by atoms with E-state index in [1.165, 1.54) is 10.7 Å². The lowest BCUT2D eigenvalue weighted by Gasteiger charge is -2.05. The molecule has 0 radical (unpaired) electrons. The molecule has 0 spiro atoms. The molecule has 1 heterocycles. The summed E-state index contributed by atoms with van der Waals surface area (Å²) in [4.78, 5) is 0. The average molecular weight is 407 g/mol. The molecule has 0 saturated heterocycles. The highest BCUT2D eigenvalue weighted by atomic mass is 79.9. The van der Waals surface area contributed by atoms with Crippen molar-refractivity contribution in [3.63, 3.8) is 0 Å². The summed E-state index contributed by atoms with van der Waals surface area (Å²) >= 11 is 8.59. The van der Waals surface area contributed by atoms with Gasteiger partial charge in [0.2, 0.25) is 4.77 Å². The van der Waals surface area contributed by atoms with E-state index < -0.39 is 5.82 Å². The first kappa shape index (κ1) is 16.5. The molecule has 3 aromatic rings. The smallest absolute Gasteiger partial charge is 0.216 e. The van der Waals surface area contributed by atoms with Crippen molar-refractivity contribution in [3.05, 3.63) is 63.1 Å². The summed E-state index contributed by atoms with van der Waals surface area (Å²) in [5, 5.41) is 11.0. The Hall–Kier alpha value is -2.32. The van der Waals surface area contributed by atoms with Gasteiger partial charge in [0.05, 0.1) is 18.9 Å². The molecule has 5 nitrogen and oxygen atoms in total. The van der Waals surface area contributed by atoms with Crippen LogP contribution in [-0.2, 0) is 0 Å². The number of rotatable bonds is 4. The molecule has 8 heteroatoms. The molecule has 0 fully saturated rings. The van der Waals surface area contributed by atoms with E-state index in [0.717, 1.165) is 10.0 Å². The van der Waals surface area contributed by atoms with Crippen LogP contribution < -0.4 is 4.74 Å². The van der Waals surface area contributed by atoms with Gasteiger partial charge in [0, 0.05) is 10.0 Å². The summed E-state index contributed by atoms with van der Waals surface area (Å²) in [6, 6.07) is 11.9. The van der Waals surface area contributed by atoms with Crippen LogP contribution in [0.5, 0.6) is 5.75 Å². The minimum Gasteiger partial charge on any atom is -0.496 e. The molecule has 0 atom stereocenters. The molecular weight excluding hydrogens is 395 g/mol. The SMILES string of the molecule is COc1ccc(Br)cc1/C=N\n1c(-c2ccccc2F)n[nH]c1=S. The van der Waals surface area contributed by atoms with Crippen LogP contribution in [0.1, 0.15) is 5.56 Å². The molecule has 0 aliphatic rings. The van der Waals surface area contributed by atoms with Crippen LogP contribution in [0.25, 0.3) is 11.4 Å². The van der Waals surface area contributed by atoms with Gasteiger partial charge in [-0.1, -0.05) is 28.1 Å². The van der Waals surface area contributed by atoms with Gasteiger partial charge in [-0.2, -0.15) is 14.9 Å². The summed E-state index contributed by atoms with van der Waals surface area (Å²) in [5.41, 5.74) is 1.05. The number of benzene rings is 2. The second-order valence-corrected chi connectivity index (χ2v) is 6.08. The van der Waals surface area contributed by atoms with E-state index in [0.29, 0.717) is 17.1 Å². The normalized spacial score (nSPS) is 11.1. The van der Waals surface area contributed by atoms with Crippen LogP contribution in [0.3, 0.4) is 0 Å². The fourth-order valence-corrected chi connectivity index (χ4v) is 2.70. The van der Waals surface area contributed by atoms with Crippen molar-refractivity contribution in [1.29, 1.82) is 0 Å². The minimum atomic E-state index is -0.400. The van der Waals surface area contributed by atoms with E-state index in [1.54, 1.807) is 31.5 Å². The van der Waals surface area contributed by atoms with E-state index in [2.05, 4.69) is 31.2 Å². The predicted octanol–water partition coefficient (Wildman–Crippen LogP) is 4.40. The molecule has 122 valence electrons. The molecule has 0 aliphatic carbocycles. The van der Waals surface area contributed by atoms with Crippen LogP contribution in [0.15, 0.2) is 52.0 Å². The van der Waals surface area contributed by atoms with Gasteiger partial charge in [0.1, 0.15) is 11.6 Å². The van der Waals surface area contributed by atoms with Crippen LogP contribution in [0.4, 0.5) is 4.39 Å². The summed E-state index contributed by atoms with van der Waals surface area (Å²) < 4.78 is 21.8. The first-order valence-electron chi connectivity index (χ1n) is 6.90. The molecule has 0 unspecified atom stereocenters. The topological polar surface area (TPSA) is 55.2 Å². The maximum absolute atomic E-state index is 14.0. The van der Waals surface area contributed by atoms with E-state index in [-0.39, 0.29) is 4.77 Å². The average Bonchev–Trinajstić information content (AvgIpc) is 2.94. The Labute approximate surface area is 150 Å². The van der Waals surface area contributed by atoms with Gasteiger partial charge in [-0.3, -0.25) is 0 Å². The predicted molar refractivity (Wildman–Crippen MR) is 96.5 cm³/mol. The second kappa shape index (κ2) is 7.06. The van der Waals surface area contributed by atoms with Crippen LogP contribution in [0, 0.1) is 10.6 Å². The van der Waals surface area contributed by atoms with Gasteiger partial charge >= 0.3 is 0 Å². The van der Waals surface area contributed by atoms with Crippen molar-refractivity contribution in [2.75, 3.05) is 7.11 Å². The van der Waals surface area contributed by atoms with Crippen molar-refractivity contribution in [3.8, 4) is 17.1 Å². The van der Waals surface area contributed by atoms with Gasteiger partial charge in [-0.05, 0) is 42.5 Å². The summed E-state index contributed by atoms with van der Waals surface area (Å²) in [6.45, 7) is 0. The lowest BCUT2D eigenvalue weighted by molar-refractivity contribution is 0.414. The number of hydrogen-bond donors (Lipinski definition) is 1. The van der Waals surface area contributed by atoms with Gasteiger partial charge in [-0.25, -0.2) is 9.49 Å². The summed E-state index contributed by atoms with van der Waals surface area (Å²) in [5.74, 6) is 0.552. The molecule has 1 aromatic heterocycles. The molecule has 0 saturated carbocycles. The van der Waals surface area contributed by atoms with Crippen molar-refractivity contribution in [1.82, 2.24) is 14.9 Å². The van der Waals surface area contributed by atoms with Gasteiger partial charge in [-0.15, -0.1) is 0 Å². The minimum absolute atomic E-state index is 0.262. The number of nitrogens with zero attached hydrogens (tertiary/aromatic N) is 3. The van der Waals surface area contributed by atoms with E-state index in [1.807, 2.05) is 18.2 Å². The number of H-pyrrole nitrogens is 1. The third-order valence-electron chi connectivity index (χ3n) is 3.27. The van der Waals surface area contributed by atoms with Crippen LogP contribution >= 0.6 is 28.1 Å². The molecule has 0 aliphatic heterocycles. The fraction of sp³-hybridized carbons (Fsp3) is 0.0625. The Balaban J connectivity index is 2.06. The Morgan fingerprint density at radius 3 is 2.88 bits per heavy atom. The zero-order valence-electron chi connectivity index (χ0n) is 12.5. The third-order valence-corrected chi connectivity index (χ3v) is 4.03. The number of nitrogens with one attached hydrogen (secondary N) is 1. The number of hydrogen-bond acceptors (Lipinski definition) is 4. The Morgan fingerprint density at radius 2 is 2.12 bits per heavy atom. The van der Waals surface area contributed by atoms with Crippen molar-refractivity contribution in [2.45, 2.75) is 0 Å². The number of halogens is 2. The highest BCUT2D eigenvalue weighted by Crippen LogP contribution is 2.23. The molecule has 24 heavy (non-hydrogen) atoms. The maximum atomic E-state index is 14.0.